The molecule has 2 nitrogen and oxygen atoms in total. The molecule has 2 heterocycles. The Kier molecular flexibility index (Phi) is 3.57. The van der Waals surface area contributed by atoms with E-state index in [0.717, 1.165) is 29.0 Å². The van der Waals surface area contributed by atoms with Crippen molar-refractivity contribution in [3.63, 3.8) is 0 Å². The predicted molar refractivity (Wildman–Crippen MR) is 91.1 cm³/mol. The molecule has 0 aliphatic carbocycles. The van der Waals surface area contributed by atoms with Gasteiger partial charge < -0.3 is 4.40 Å². The van der Waals surface area contributed by atoms with Gasteiger partial charge in [-0.1, -0.05) is 54.6 Å². The molecule has 0 spiro atoms. The number of benzene rings is 2. The van der Waals surface area contributed by atoms with Gasteiger partial charge in [0.15, 0.2) is 0 Å². The minimum Gasteiger partial charge on any atom is -0.306 e. The molecule has 5 heteroatoms. The Labute approximate surface area is 142 Å². The average Bonchev–Trinajstić information content (AvgIpc) is 3.05. The molecule has 0 amide bonds. The molecule has 4 aromatic rings. The quantitative estimate of drug-likeness (QED) is 0.459. The molecular formula is C20H13F3N2. The lowest BCUT2D eigenvalue weighted by atomic mass is 10.0. The van der Waals surface area contributed by atoms with Crippen LogP contribution in [0.1, 0.15) is 5.56 Å². The van der Waals surface area contributed by atoms with E-state index in [-0.39, 0.29) is 0 Å². The van der Waals surface area contributed by atoms with Gasteiger partial charge in [-0.05, 0) is 23.3 Å². The molecule has 0 aliphatic rings. The van der Waals surface area contributed by atoms with E-state index < -0.39 is 11.7 Å². The molecule has 0 atom stereocenters. The molecule has 0 aliphatic heterocycles. The summed E-state index contributed by atoms with van der Waals surface area (Å²) < 4.78 is 39.9. The summed E-state index contributed by atoms with van der Waals surface area (Å²) in [5.41, 5.74) is 3.47. The lowest BCUT2D eigenvalue weighted by Gasteiger charge is -2.05. The van der Waals surface area contributed by atoms with E-state index in [1.54, 1.807) is 6.20 Å². The number of imidazole rings is 1. The molecule has 0 unspecified atom stereocenters. The van der Waals surface area contributed by atoms with E-state index in [1.807, 2.05) is 54.6 Å². The molecule has 4 rings (SSSR count). The van der Waals surface area contributed by atoms with Gasteiger partial charge in [0, 0.05) is 18.0 Å². The van der Waals surface area contributed by atoms with Gasteiger partial charge in [-0.2, -0.15) is 13.2 Å². The molecule has 0 saturated carbocycles. The topological polar surface area (TPSA) is 17.3 Å². The molecule has 0 fully saturated rings. The second-order valence-electron chi connectivity index (χ2n) is 5.75. The van der Waals surface area contributed by atoms with Crippen LogP contribution in [0.3, 0.4) is 0 Å². The van der Waals surface area contributed by atoms with Crippen molar-refractivity contribution in [2.75, 3.05) is 0 Å². The largest absolute Gasteiger partial charge is 0.417 e. The summed E-state index contributed by atoms with van der Waals surface area (Å²) in [6, 6.07) is 20.2. The molecule has 0 bridgehead atoms. The Morgan fingerprint density at radius 2 is 1.32 bits per heavy atom. The number of halogens is 3. The molecule has 0 N–H and O–H groups in total. The van der Waals surface area contributed by atoms with Gasteiger partial charge in [-0.25, -0.2) is 4.98 Å². The average molecular weight is 338 g/mol. The molecule has 25 heavy (non-hydrogen) atoms. The zero-order chi connectivity index (χ0) is 17.4. The van der Waals surface area contributed by atoms with E-state index in [9.17, 15) is 13.2 Å². The van der Waals surface area contributed by atoms with Crippen LogP contribution in [0.2, 0.25) is 0 Å². The van der Waals surface area contributed by atoms with Crippen molar-refractivity contribution < 1.29 is 13.2 Å². The van der Waals surface area contributed by atoms with Crippen molar-refractivity contribution in [3.8, 4) is 22.4 Å². The number of alkyl halides is 3. The van der Waals surface area contributed by atoms with Crippen LogP contribution >= 0.6 is 0 Å². The highest BCUT2D eigenvalue weighted by Crippen LogP contribution is 2.30. The number of fused-ring (bicyclic) bond motifs is 1. The lowest BCUT2D eigenvalue weighted by molar-refractivity contribution is -0.137. The lowest BCUT2D eigenvalue weighted by Crippen LogP contribution is -2.05. The molecule has 124 valence electrons. The second-order valence-corrected chi connectivity index (χ2v) is 5.75. The summed E-state index contributed by atoms with van der Waals surface area (Å²) in [6.45, 7) is 0. The first-order valence-electron chi connectivity index (χ1n) is 7.72. The maximum atomic E-state index is 12.8. The summed E-state index contributed by atoms with van der Waals surface area (Å²) in [4.78, 5) is 4.40. The Hall–Kier alpha value is -3.08. The highest BCUT2D eigenvalue weighted by atomic mass is 19.4. The fourth-order valence-electron chi connectivity index (χ4n) is 2.76. The van der Waals surface area contributed by atoms with Crippen LogP contribution in [0, 0.1) is 0 Å². The summed E-state index contributed by atoms with van der Waals surface area (Å²) >= 11 is 0. The van der Waals surface area contributed by atoms with E-state index in [0.29, 0.717) is 11.3 Å². The smallest absolute Gasteiger partial charge is 0.306 e. The normalized spacial score (nSPS) is 11.8. The second kappa shape index (κ2) is 5.77. The van der Waals surface area contributed by atoms with Crippen molar-refractivity contribution >= 4 is 5.65 Å². The van der Waals surface area contributed by atoms with Crippen LogP contribution in [0.4, 0.5) is 13.2 Å². The van der Waals surface area contributed by atoms with E-state index in [4.69, 9.17) is 0 Å². The summed E-state index contributed by atoms with van der Waals surface area (Å²) in [5.74, 6) is 0. The Morgan fingerprint density at radius 1 is 0.680 bits per heavy atom. The number of nitrogens with zero attached hydrogens (tertiary/aromatic N) is 2. The number of aromatic nitrogens is 2. The number of hydrogen-bond acceptors (Lipinski definition) is 1. The monoisotopic (exact) mass is 338 g/mol. The van der Waals surface area contributed by atoms with E-state index >= 15 is 0 Å². The van der Waals surface area contributed by atoms with Gasteiger partial charge in [-0.3, -0.25) is 0 Å². The van der Waals surface area contributed by atoms with Gasteiger partial charge in [0.25, 0.3) is 0 Å². The number of rotatable bonds is 2. The zero-order valence-electron chi connectivity index (χ0n) is 13.0. The SMILES string of the molecule is FC(F)(F)c1ccc2nc(-c3ccc(-c4ccccc4)cc3)cn2c1. The molecule has 0 radical (unpaired) electrons. The highest BCUT2D eigenvalue weighted by molar-refractivity contribution is 5.69. The van der Waals surface area contributed by atoms with Crippen LogP contribution in [0.5, 0.6) is 0 Å². The van der Waals surface area contributed by atoms with Gasteiger partial charge in [-0.15, -0.1) is 0 Å². The van der Waals surface area contributed by atoms with Crippen LogP contribution in [0.15, 0.2) is 79.1 Å². The molecular weight excluding hydrogens is 325 g/mol. The first kappa shape index (κ1) is 15.4. The maximum Gasteiger partial charge on any atom is 0.417 e. The minimum atomic E-state index is -4.37. The first-order valence-corrected chi connectivity index (χ1v) is 7.72. The van der Waals surface area contributed by atoms with Crippen LogP contribution in [-0.4, -0.2) is 9.38 Å². The number of pyridine rings is 1. The van der Waals surface area contributed by atoms with E-state index in [2.05, 4.69) is 4.98 Å². The Bertz CT molecular complexity index is 1020. The third kappa shape index (κ3) is 3.01. The molecule has 2 aromatic heterocycles. The van der Waals surface area contributed by atoms with E-state index in [1.165, 1.54) is 10.5 Å². The van der Waals surface area contributed by atoms with Gasteiger partial charge >= 0.3 is 6.18 Å². The van der Waals surface area contributed by atoms with Crippen molar-refractivity contribution in [2.24, 2.45) is 0 Å². The van der Waals surface area contributed by atoms with Crippen LogP contribution < -0.4 is 0 Å². The standard InChI is InChI=1S/C20H13F3N2/c21-20(22,23)17-10-11-19-24-18(13-25(19)12-17)16-8-6-15(7-9-16)14-4-2-1-3-5-14/h1-13H. The Morgan fingerprint density at radius 3 is 2.00 bits per heavy atom. The minimum absolute atomic E-state index is 0.482. The van der Waals surface area contributed by atoms with Crippen molar-refractivity contribution in [2.45, 2.75) is 6.18 Å². The highest BCUT2D eigenvalue weighted by Gasteiger charge is 2.30. The fourth-order valence-corrected chi connectivity index (χ4v) is 2.76. The van der Waals surface area contributed by atoms with Gasteiger partial charge in [0.1, 0.15) is 5.65 Å². The van der Waals surface area contributed by atoms with Crippen LogP contribution in [-0.2, 0) is 6.18 Å². The number of hydrogen-bond donors (Lipinski definition) is 0. The third-order valence-electron chi connectivity index (χ3n) is 4.07. The van der Waals surface area contributed by atoms with Crippen molar-refractivity contribution in [1.82, 2.24) is 9.38 Å². The molecule has 0 saturated heterocycles. The zero-order valence-corrected chi connectivity index (χ0v) is 13.0. The Balaban J connectivity index is 1.70. The summed E-state index contributed by atoms with van der Waals surface area (Å²) in [6.07, 6.45) is -1.69. The van der Waals surface area contributed by atoms with Gasteiger partial charge in [0.2, 0.25) is 0 Å². The maximum absolute atomic E-state index is 12.8. The van der Waals surface area contributed by atoms with Crippen LogP contribution in [0.25, 0.3) is 28.0 Å². The third-order valence-corrected chi connectivity index (χ3v) is 4.07. The van der Waals surface area contributed by atoms with Gasteiger partial charge in [0.05, 0.1) is 11.3 Å². The van der Waals surface area contributed by atoms with Crippen molar-refractivity contribution in [3.05, 3.63) is 84.7 Å². The van der Waals surface area contributed by atoms with Crippen molar-refractivity contribution in [1.29, 1.82) is 0 Å². The predicted octanol–water partition coefficient (Wildman–Crippen LogP) is 5.69. The fraction of sp³-hybridized carbons (Fsp3) is 0.0500. The molecule has 2 aromatic carbocycles. The summed E-state index contributed by atoms with van der Waals surface area (Å²) in [5, 5.41) is 0. The first-order chi connectivity index (χ1) is 12.0. The summed E-state index contributed by atoms with van der Waals surface area (Å²) in [7, 11) is 0.